The number of fused-ring (bicyclic) bond motifs is 1. The quantitative estimate of drug-likeness (QED) is 0.774. The molecule has 106 valence electrons. The first-order chi connectivity index (χ1) is 9.49. The minimum Gasteiger partial charge on any atom is -0.353 e. The van der Waals surface area contributed by atoms with Crippen LogP contribution >= 0.6 is 11.6 Å². The van der Waals surface area contributed by atoms with Gasteiger partial charge in [-0.2, -0.15) is 0 Å². The fraction of sp³-hybridized carbons (Fsp3) is 0.500. The molecule has 1 fully saturated rings. The van der Waals surface area contributed by atoms with Gasteiger partial charge < -0.3 is 4.90 Å². The molecule has 1 saturated heterocycles. The number of aromatic nitrogens is 2. The third-order valence-corrected chi connectivity index (χ3v) is 4.65. The van der Waals surface area contributed by atoms with Crippen molar-refractivity contribution in [3.63, 3.8) is 0 Å². The second-order valence-electron chi connectivity index (χ2n) is 6.11. The highest BCUT2D eigenvalue weighted by Gasteiger charge is 2.33. The van der Waals surface area contributed by atoms with Crippen LogP contribution in [0.4, 0.5) is 5.82 Å². The maximum atomic E-state index is 6.08. The van der Waals surface area contributed by atoms with Crippen molar-refractivity contribution in [1.82, 2.24) is 9.97 Å². The Labute approximate surface area is 125 Å². The molecule has 1 aliphatic rings. The normalized spacial score (nSPS) is 22.4. The van der Waals surface area contributed by atoms with E-state index in [9.17, 15) is 0 Å². The lowest BCUT2D eigenvalue weighted by Crippen LogP contribution is -2.53. The average Bonchev–Trinajstić information content (AvgIpc) is 2.42. The summed E-state index contributed by atoms with van der Waals surface area (Å²) in [6.07, 6.45) is 3.86. The van der Waals surface area contributed by atoms with Gasteiger partial charge in [0.2, 0.25) is 0 Å². The molecule has 20 heavy (non-hydrogen) atoms. The van der Waals surface area contributed by atoms with Crippen LogP contribution in [-0.4, -0.2) is 22.6 Å². The number of hydrogen-bond donors (Lipinski definition) is 0. The Kier molecular flexibility index (Phi) is 3.33. The molecule has 2 aromatic rings. The summed E-state index contributed by atoms with van der Waals surface area (Å²) in [5, 5.41) is 2.83. The van der Waals surface area contributed by atoms with E-state index in [-0.39, 0.29) is 0 Å². The minimum absolute atomic E-state index is 0.422. The zero-order valence-corrected chi connectivity index (χ0v) is 13.1. The van der Waals surface area contributed by atoms with Crippen LogP contribution in [0.3, 0.4) is 0 Å². The number of anilines is 1. The smallest absolute Gasteiger partial charge is 0.138 e. The van der Waals surface area contributed by atoms with Crippen LogP contribution in [0.5, 0.6) is 0 Å². The highest BCUT2D eigenvalue weighted by molar-refractivity contribution is 6.30. The molecule has 3 heterocycles. The summed E-state index contributed by atoms with van der Waals surface area (Å²) < 4.78 is 0. The summed E-state index contributed by atoms with van der Waals surface area (Å²) >= 11 is 6.08. The van der Waals surface area contributed by atoms with Gasteiger partial charge in [0, 0.05) is 30.4 Å². The van der Waals surface area contributed by atoms with E-state index >= 15 is 0 Å². The summed E-state index contributed by atoms with van der Waals surface area (Å²) in [7, 11) is 0. The van der Waals surface area contributed by atoms with Crippen molar-refractivity contribution in [3.8, 4) is 0 Å². The molecule has 1 aliphatic heterocycles. The van der Waals surface area contributed by atoms with Gasteiger partial charge in [-0.05, 0) is 35.8 Å². The highest BCUT2D eigenvalue weighted by atomic mass is 35.5. The summed E-state index contributed by atoms with van der Waals surface area (Å²) in [6, 6.07) is 2.50. The Morgan fingerprint density at radius 2 is 1.95 bits per heavy atom. The third kappa shape index (κ3) is 2.05. The summed E-state index contributed by atoms with van der Waals surface area (Å²) in [5.41, 5.74) is 1.23. The predicted octanol–water partition coefficient (Wildman–Crippen LogP) is 4.25. The maximum Gasteiger partial charge on any atom is 0.138 e. The molecule has 0 spiro atoms. The van der Waals surface area contributed by atoms with Crippen molar-refractivity contribution in [2.75, 3.05) is 11.4 Å². The Hall–Kier alpha value is -1.35. The molecule has 0 aliphatic carbocycles. The van der Waals surface area contributed by atoms with Crippen LogP contribution in [0.25, 0.3) is 10.8 Å². The molecule has 0 saturated carbocycles. The van der Waals surface area contributed by atoms with Gasteiger partial charge in [0.25, 0.3) is 0 Å². The number of halogens is 1. The topological polar surface area (TPSA) is 29.0 Å². The zero-order chi connectivity index (χ0) is 14.4. The van der Waals surface area contributed by atoms with E-state index < -0.39 is 0 Å². The van der Waals surface area contributed by atoms with Gasteiger partial charge in [0.05, 0.1) is 0 Å². The monoisotopic (exact) mass is 289 g/mol. The molecule has 0 amide bonds. The number of hydrogen-bond acceptors (Lipinski definition) is 3. The Morgan fingerprint density at radius 3 is 2.55 bits per heavy atom. The molecule has 0 N–H and O–H groups in total. The average molecular weight is 290 g/mol. The standard InChI is InChI=1S/C16H20ClN3/c1-9(2)13-6-19-16(20-8-10(3)11(20)4)14-7-18-15(17)5-12(13)14/h5-7,9-11H,8H2,1-4H3/t10-,11+/m0/s1. The van der Waals surface area contributed by atoms with Gasteiger partial charge in [-0.3, -0.25) is 0 Å². The molecule has 3 rings (SSSR count). The van der Waals surface area contributed by atoms with Crippen molar-refractivity contribution < 1.29 is 0 Å². The summed E-state index contributed by atoms with van der Waals surface area (Å²) in [4.78, 5) is 11.3. The first-order valence-corrected chi connectivity index (χ1v) is 7.57. The molecule has 2 atom stereocenters. The van der Waals surface area contributed by atoms with Crippen LogP contribution < -0.4 is 4.90 Å². The van der Waals surface area contributed by atoms with Crippen LogP contribution in [0.2, 0.25) is 5.15 Å². The lowest BCUT2D eigenvalue weighted by molar-refractivity contribution is 0.338. The van der Waals surface area contributed by atoms with E-state index in [1.807, 2.05) is 18.5 Å². The molecule has 2 aromatic heterocycles. The maximum absolute atomic E-state index is 6.08. The van der Waals surface area contributed by atoms with E-state index in [1.165, 1.54) is 10.9 Å². The van der Waals surface area contributed by atoms with Gasteiger partial charge in [-0.25, -0.2) is 9.97 Å². The van der Waals surface area contributed by atoms with Gasteiger partial charge in [-0.15, -0.1) is 0 Å². The second kappa shape index (κ2) is 4.88. The van der Waals surface area contributed by atoms with Crippen LogP contribution in [0.1, 0.15) is 39.2 Å². The van der Waals surface area contributed by atoms with Gasteiger partial charge in [0.1, 0.15) is 11.0 Å². The number of rotatable bonds is 2. The summed E-state index contributed by atoms with van der Waals surface area (Å²) in [6.45, 7) is 9.95. The molecular formula is C16H20ClN3. The van der Waals surface area contributed by atoms with Crippen LogP contribution in [-0.2, 0) is 0 Å². The largest absolute Gasteiger partial charge is 0.353 e. The minimum atomic E-state index is 0.422. The van der Waals surface area contributed by atoms with Gasteiger partial charge in [-0.1, -0.05) is 32.4 Å². The fourth-order valence-electron chi connectivity index (χ4n) is 2.88. The molecule has 0 unspecified atom stereocenters. The van der Waals surface area contributed by atoms with Crippen molar-refractivity contribution in [1.29, 1.82) is 0 Å². The van der Waals surface area contributed by atoms with Crippen molar-refractivity contribution in [2.45, 2.75) is 39.7 Å². The Bertz CT molecular complexity index is 653. The Morgan fingerprint density at radius 1 is 1.20 bits per heavy atom. The third-order valence-electron chi connectivity index (χ3n) is 4.44. The Balaban J connectivity index is 2.18. The van der Waals surface area contributed by atoms with E-state index in [4.69, 9.17) is 16.6 Å². The molecule has 3 nitrogen and oxygen atoms in total. The van der Waals surface area contributed by atoms with Gasteiger partial charge >= 0.3 is 0 Å². The SMILES string of the molecule is CC(C)c1cnc(N2C[C@H](C)[C@H]2C)c2cnc(Cl)cc12. The molecular weight excluding hydrogens is 270 g/mol. The molecule has 4 heteroatoms. The van der Waals surface area contributed by atoms with Gasteiger partial charge in [0.15, 0.2) is 0 Å². The fourth-order valence-corrected chi connectivity index (χ4v) is 3.04. The van der Waals surface area contributed by atoms with Crippen molar-refractivity contribution in [3.05, 3.63) is 29.2 Å². The van der Waals surface area contributed by atoms with E-state index in [0.717, 1.165) is 23.7 Å². The first-order valence-electron chi connectivity index (χ1n) is 7.19. The molecule has 0 radical (unpaired) electrons. The number of pyridine rings is 2. The number of nitrogens with zero attached hydrogens (tertiary/aromatic N) is 3. The summed E-state index contributed by atoms with van der Waals surface area (Å²) in [5.74, 6) is 2.18. The van der Waals surface area contributed by atoms with Crippen molar-refractivity contribution in [2.24, 2.45) is 5.92 Å². The van der Waals surface area contributed by atoms with E-state index in [0.29, 0.717) is 17.1 Å². The van der Waals surface area contributed by atoms with Crippen LogP contribution in [0, 0.1) is 5.92 Å². The highest BCUT2D eigenvalue weighted by Crippen LogP contribution is 2.36. The lowest BCUT2D eigenvalue weighted by Gasteiger charge is -2.46. The molecule has 0 aromatic carbocycles. The predicted molar refractivity (Wildman–Crippen MR) is 84.6 cm³/mol. The first kappa shape index (κ1) is 13.6. The lowest BCUT2D eigenvalue weighted by atomic mass is 9.91. The van der Waals surface area contributed by atoms with E-state index in [1.54, 1.807) is 0 Å². The van der Waals surface area contributed by atoms with E-state index in [2.05, 4.69) is 37.6 Å². The van der Waals surface area contributed by atoms with Crippen LogP contribution in [0.15, 0.2) is 18.5 Å². The molecule has 0 bridgehead atoms. The second-order valence-corrected chi connectivity index (χ2v) is 6.50. The van der Waals surface area contributed by atoms with Crippen molar-refractivity contribution >= 4 is 28.2 Å². The zero-order valence-electron chi connectivity index (χ0n) is 12.4.